The third-order valence-electron chi connectivity index (χ3n) is 3.55. The zero-order chi connectivity index (χ0) is 15.6. The number of nitrogens with two attached hydrogens (primary N) is 1. The third-order valence-corrected chi connectivity index (χ3v) is 3.55. The highest BCUT2D eigenvalue weighted by Gasteiger charge is 2.31. The first-order valence-corrected chi connectivity index (χ1v) is 7.34. The first-order valence-electron chi connectivity index (χ1n) is 7.34. The highest BCUT2D eigenvalue weighted by Crippen LogP contribution is 2.26. The highest BCUT2D eigenvalue weighted by molar-refractivity contribution is 5.69. The summed E-state index contributed by atoms with van der Waals surface area (Å²) in [5.41, 5.74) is 8.28. The fourth-order valence-electron chi connectivity index (χ4n) is 2.45. The number of anilines is 1. The molecule has 0 aliphatic carbocycles. The van der Waals surface area contributed by atoms with Crippen LogP contribution in [0.15, 0.2) is 18.2 Å². The fourth-order valence-corrected chi connectivity index (χ4v) is 2.45. The van der Waals surface area contributed by atoms with E-state index in [1.807, 2.05) is 45.9 Å². The molecular formula is C16H25N3O2. The lowest BCUT2D eigenvalue weighted by Crippen LogP contribution is -2.50. The van der Waals surface area contributed by atoms with Crippen LogP contribution in [0.3, 0.4) is 0 Å². The van der Waals surface area contributed by atoms with Gasteiger partial charge in [-0.25, -0.2) is 4.79 Å². The van der Waals surface area contributed by atoms with E-state index in [2.05, 4.69) is 5.32 Å². The van der Waals surface area contributed by atoms with Gasteiger partial charge in [-0.15, -0.1) is 0 Å². The van der Waals surface area contributed by atoms with Crippen molar-refractivity contribution >= 4 is 11.8 Å². The Morgan fingerprint density at radius 3 is 2.76 bits per heavy atom. The molecular weight excluding hydrogens is 266 g/mol. The molecule has 1 atom stereocenters. The molecule has 5 nitrogen and oxygen atoms in total. The number of hydrogen-bond donors (Lipinski definition) is 2. The number of nitrogen functional groups attached to an aromatic ring is 1. The molecule has 1 aromatic rings. The summed E-state index contributed by atoms with van der Waals surface area (Å²) in [7, 11) is 0. The van der Waals surface area contributed by atoms with Crippen molar-refractivity contribution in [1.82, 2.24) is 10.2 Å². The predicted molar refractivity (Wildman–Crippen MR) is 84.1 cm³/mol. The summed E-state index contributed by atoms with van der Waals surface area (Å²) in [6.07, 6.45) is -0.261. The molecule has 0 aromatic heterocycles. The average molecular weight is 291 g/mol. The van der Waals surface area contributed by atoms with E-state index in [1.54, 1.807) is 4.90 Å². The van der Waals surface area contributed by atoms with Crippen molar-refractivity contribution < 1.29 is 9.53 Å². The minimum atomic E-state index is -0.483. The molecule has 0 radical (unpaired) electrons. The number of carbonyl (C=O) groups is 1. The van der Waals surface area contributed by atoms with Gasteiger partial charge in [0.15, 0.2) is 0 Å². The summed E-state index contributed by atoms with van der Waals surface area (Å²) in [5, 5.41) is 3.33. The van der Waals surface area contributed by atoms with Crippen molar-refractivity contribution in [3.8, 4) is 0 Å². The SMILES string of the molecule is Cc1cc(C2CNCCN2C(=O)OC(C)(C)C)ccc1N. The van der Waals surface area contributed by atoms with Gasteiger partial charge in [0, 0.05) is 25.3 Å². The van der Waals surface area contributed by atoms with Crippen LogP contribution in [0.4, 0.5) is 10.5 Å². The largest absolute Gasteiger partial charge is 0.444 e. The van der Waals surface area contributed by atoms with Crippen LogP contribution < -0.4 is 11.1 Å². The van der Waals surface area contributed by atoms with Crippen molar-refractivity contribution in [1.29, 1.82) is 0 Å². The number of nitrogens with zero attached hydrogens (tertiary/aromatic N) is 1. The summed E-state index contributed by atoms with van der Waals surface area (Å²) < 4.78 is 5.52. The van der Waals surface area contributed by atoms with Crippen LogP contribution in [0.5, 0.6) is 0 Å². The Morgan fingerprint density at radius 1 is 1.43 bits per heavy atom. The number of benzene rings is 1. The maximum atomic E-state index is 12.4. The fraction of sp³-hybridized carbons (Fsp3) is 0.562. The topological polar surface area (TPSA) is 67.6 Å². The van der Waals surface area contributed by atoms with Crippen LogP contribution in [-0.4, -0.2) is 36.2 Å². The van der Waals surface area contributed by atoms with Gasteiger partial charge >= 0.3 is 6.09 Å². The highest BCUT2D eigenvalue weighted by atomic mass is 16.6. The summed E-state index contributed by atoms with van der Waals surface area (Å²) in [4.78, 5) is 14.2. The Bertz CT molecular complexity index is 523. The average Bonchev–Trinajstić information content (AvgIpc) is 2.40. The number of amides is 1. The molecule has 1 amide bonds. The first kappa shape index (κ1) is 15.6. The van der Waals surface area contributed by atoms with E-state index in [0.29, 0.717) is 6.54 Å². The van der Waals surface area contributed by atoms with Crippen molar-refractivity contribution in [3.63, 3.8) is 0 Å². The van der Waals surface area contributed by atoms with Gasteiger partial charge in [-0.05, 0) is 44.9 Å². The van der Waals surface area contributed by atoms with E-state index in [0.717, 1.165) is 29.9 Å². The van der Waals surface area contributed by atoms with Gasteiger partial charge in [-0.3, -0.25) is 4.90 Å². The number of carbonyl (C=O) groups excluding carboxylic acids is 1. The normalized spacial score (nSPS) is 19.4. The van der Waals surface area contributed by atoms with E-state index >= 15 is 0 Å². The van der Waals surface area contributed by atoms with Gasteiger partial charge in [0.1, 0.15) is 5.60 Å². The molecule has 1 aromatic carbocycles. The van der Waals surface area contributed by atoms with Gasteiger partial charge in [0.2, 0.25) is 0 Å². The monoisotopic (exact) mass is 291 g/mol. The van der Waals surface area contributed by atoms with E-state index in [4.69, 9.17) is 10.5 Å². The minimum absolute atomic E-state index is 0.0205. The Kier molecular flexibility index (Phi) is 4.42. The number of aryl methyl sites for hydroxylation is 1. The van der Waals surface area contributed by atoms with E-state index in [-0.39, 0.29) is 12.1 Å². The molecule has 0 saturated carbocycles. The molecule has 116 valence electrons. The molecule has 1 aliphatic heterocycles. The number of ether oxygens (including phenoxy) is 1. The molecule has 1 saturated heterocycles. The molecule has 5 heteroatoms. The minimum Gasteiger partial charge on any atom is -0.444 e. The Labute approximate surface area is 126 Å². The number of hydrogen-bond acceptors (Lipinski definition) is 4. The summed E-state index contributed by atoms with van der Waals surface area (Å²) >= 11 is 0. The van der Waals surface area contributed by atoms with Gasteiger partial charge in [0.05, 0.1) is 6.04 Å². The molecule has 1 heterocycles. The molecule has 1 aliphatic rings. The van der Waals surface area contributed by atoms with Gasteiger partial charge in [-0.1, -0.05) is 12.1 Å². The second kappa shape index (κ2) is 5.93. The number of piperazine rings is 1. The second-order valence-corrected chi connectivity index (χ2v) is 6.51. The lowest BCUT2D eigenvalue weighted by atomic mass is 10.0. The molecule has 0 spiro atoms. The van der Waals surface area contributed by atoms with E-state index in [1.165, 1.54) is 0 Å². The van der Waals surface area contributed by atoms with Crippen LogP contribution in [0.25, 0.3) is 0 Å². The third kappa shape index (κ3) is 3.88. The van der Waals surface area contributed by atoms with Crippen LogP contribution in [0.1, 0.15) is 37.9 Å². The summed E-state index contributed by atoms with van der Waals surface area (Å²) in [6.45, 7) is 9.78. The van der Waals surface area contributed by atoms with E-state index < -0.39 is 5.60 Å². The molecule has 1 unspecified atom stereocenters. The van der Waals surface area contributed by atoms with Crippen LogP contribution in [-0.2, 0) is 4.74 Å². The van der Waals surface area contributed by atoms with Crippen molar-refractivity contribution in [2.75, 3.05) is 25.4 Å². The zero-order valence-corrected chi connectivity index (χ0v) is 13.3. The maximum absolute atomic E-state index is 12.4. The lowest BCUT2D eigenvalue weighted by molar-refractivity contribution is 0.0118. The lowest BCUT2D eigenvalue weighted by Gasteiger charge is -2.37. The van der Waals surface area contributed by atoms with Crippen LogP contribution >= 0.6 is 0 Å². The molecule has 21 heavy (non-hydrogen) atoms. The smallest absolute Gasteiger partial charge is 0.410 e. The van der Waals surface area contributed by atoms with Gasteiger partial charge in [0.25, 0.3) is 0 Å². The maximum Gasteiger partial charge on any atom is 0.410 e. The van der Waals surface area contributed by atoms with Crippen molar-refractivity contribution in [3.05, 3.63) is 29.3 Å². The Hall–Kier alpha value is -1.75. The van der Waals surface area contributed by atoms with Crippen molar-refractivity contribution in [2.24, 2.45) is 0 Å². The summed E-state index contributed by atoms with van der Waals surface area (Å²) in [6, 6.07) is 5.90. The Morgan fingerprint density at radius 2 is 2.14 bits per heavy atom. The van der Waals surface area contributed by atoms with Gasteiger partial charge in [-0.2, -0.15) is 0 Å². The van der Waals surface area contributed by atoms with E-state index in [9.17, 15) is 4.79 Å². The van der Waals surface area contributed by atoms with Gasteiger partial charge < -0.3 is 15.8 Å². The predicted octanol–water partition coefficient (Wildman–Crippen LogP) is 2.46. The van der Waals surface area contributed by atoms with Crippen LogP contribution in [0.2, 0.25) is 0 Å². The van der Waals surface area contributed by atoms with Crippen LogP contribution in [0, 0.1) is 6.92 Å². The molecule has 3 N–H and O–H groups in total. The molecule has 2 rings (SSSR count). The molecule has 0 bridgehead atoms. The summed E-state index contributed by atoms with van der Waals surface area (Å²) in [5.74, 6) is 0. The number of rotatable bonds is 1. The quantitative estimate of drug-likeness (QED) is 0.780. The standard InChI is InChI=1S/C16H25N3O2/c1-11-9-12(5-6-13(11)17)14-10-18-7-8-19(14)15(20)21-16(2,3)4/h5-6,9,14,18H,7-8,10,17H2,1-4H3. The molecule has 1 fully saturated rings. The second-order valence-electron chi connectivity index (χ2n) is 6.51. The zero-order valence-electron chi connectivity index (χ0n) is 13.3. The van der Waals surface area contributed by atoms with Crippen molar-refractivity contribution in [2.45, 2.75) is 39.3 Å². The first-order chi connectivity index (χ1) is 9.78. The Balaban J connectivity index is 2.22. The number of nitrogens with one attached hydrogen (secondary N) is 1.